The predicted molar refractivity (Wildman–Crippen MR) is 42.0 cm³/mol. The largest absolute Gasteiger partial charge is 0.109 e. The molecule has 0 aliphatic carbocycles. The zero-order chi connectivity index (χ0) is 8.39. The Kier molecular flexibility index (Phi) is 1.71. The lowest BCUT2D eigenvalue weighted by Crippen LogP contribution is -1.99. The fourth-order valence-corrected chi connectivity index (χ4v) is 1.05. The average Bonchev–Trinajstić information content (AvgIpc) is 2.57. The average molecular weight is 182 g/mol. The summed E-state index contributed by atoms with van der Waals surface area (Å²) in [6.45, 7) is 0. The first-order valence-corrected chi connectivity index (χ1v) is 3.62. The second-order valence-electron chi connectivity index (χ2n) is 2.10. The molecule has 0 atom stereocenters. The quantitative estimate of drug-likeness (QED) is 0.650. The third-order valence-electron chi connectivity index (χ3n) is 1.36. The van der Waals surface area contributed by atoms with Crippen LogP contribution in [0.1, 0.15) is 0 Å². The Bertz CT molecular complexity index is 371. The molecule has 0 fully saturated rings. The molecule has 1 aromatic heterocycles. The molecule has 0 saturated heterocycles. The standard InChI is InChI=1S/C6H4ClN5/c7-5-3-1-2-4-6(5)12-10-8-9-11-12/h1-4H. The molecule has 0 spiro atoms. The van der Waals surface area contributed by atoms with Crippen LogP contribution in [0.5, 0.6) is 0 Å². The molecule has 0 bridgehead atoms. The lowest BCUT2D eigenvalue weighted by atomic mass is 10.3. The van der Waals surface area contributed by atoms with E-state index in [0.29, 0.717) is 10.7 Å². The van der Waals surface area contributed by atoms with Gasteiger partial charge in [-0.2, -0.15) is 0 Å². The van der Waals surface area contributed by atoms with Gasteiger partial charge >= 0.3 is 0 Å². The van der Waals surface area contributed by atoms with Crippen LogP contribution in [0.25, 0.3) is 5.69 Å². The van der Waals surface area contributed by atoms with Crippen molar-refractivity contribution >= 4 is 11.6 Å². The van der Waals surface area contributed by atoms with Crippen LogP contribution in [0, 0.1) is 0 Å². The van der Waals surface area contributed by atoms with Crippen molar-refractivity contribution in [2.45, 2.75) is 0 Å². The highest BCUT2D eigenvalue weighted by Crippen LogP contribution is 2.16. The van der Waals surface area contributed by atoms with Gasteiger partial charge in [0.2, 0.25) is 0 Å². The maximum atomic E-state index is 5.86. The summed E-state index contributed by atoms with van der Waals surface area (Å²) in [5.74, 6) is 0. The van der Waals surface area contributed by atoms with Crippen molar-refractivity contribution in [3.63, 3.8) is 0 Å². The van der Waals surface area contributed by atoms with Crippen molar-refractivity contribution in [3.05, 3.63) is 29.3 Å². The summed E-state index contributed by atoms with van der Waals surface area (Å²) >= 11 is 5.86. The van der Waals surface area contributed by atoms with Gasteiger partial charge < -0.3 is 0 Å². The molecule has 60 valence electrons. The summed E-state index contributed by atoms with van der Waals surface area (Å²) in [5, 5.41) is 14.4. The van der Waals surface area contributed by atoms with Gasteiger partial charge in [0.1, 0.15) is 5.69 Å². The number of halogens is 1. The molecule has 6 heteroatoms. The minimum Gasteiger partial charge on any atom is -0.109 e. The lowest BCUT2D eigenvalue weighted by molar-refractivity contribution is 0.712. The highest BCUT2D eigenvalue weighted by molar-refractivity contribution is 6.32. The van der Waals surface area contributed by atoms with Crippen molar-refractivity contribution in [2.24, 2.45) is 0 Å². The number of rotatable bonds is 1. The predicted octanol–water partition coefficient (Wildman–Crippen LogP) is 0.711. The van der Waals surface area contributed by atoms with E-state index in [0.717, 1.165) is 0 Å². The number of nitrogens with zero attached hydrogens (tertiary/aromatic N) is 5. The van der Waals surface area contributed by atoms with Gasteiger partial charge in [-0.1, -0.05) is 23.7 Å². The molecule has 1 aromatic carbocycles. The van der Waals surface area contributed by atoms with Gasteiger partial charge in [0.25, 0.3) is 0 Å². The summed E-state index contributed by atoms with van der Waals surface area (Å²) in [7, 11) is 0. The first kappa shape index (κ1) is 7.17. The molecule has 12 heavy (non-hydrogen) atoms. The monoisotopic (exact) mass is 181 g/mol. The lowest BCUT2D eigenvalue weighted by Gasteiger charge is -1.97. The Morgan fingerprint density at radius 3 is 2.42 bits per heavy atom. The van der Waals surface area contributed by atoms with Crippen molar-refractivity contribution in [1.82, 2.24) is 25.7 Å². The summed E-state index contributed by atoms with van der Waals surface area (Å²) in [4.78, 5) is 1.27. The van der Waals surface area contributed by atoms with E-state index in [-0.39, 0.29) is 0 Å². The number of hydrogen-bond donors (Lipinski definition) is 0. The van der Waals surface area contributed by atoms with E-state index in [4.69, 9.17) is 11.6 Å². The van der Waals surface area contributed by atoms with Gasteiger partial charge in [-0.25, -0.2) is 0 Å². The number of benzene rings is 1. The maximum Gasteiger partial charge on any atom is 0.108 e. The van der Waals surface area contributed by atoms with Gasteiger partial charge in [-0.05, 0) is 33.0 Å². The highest BCUT2D eigenvalue weighted by atomic mass is 35.5. The fraction of sp³-hybridized carbons (Fsp3) is 0. The minimum absolute atomic E-state index is 0.567. The number of hydrogen-bond acceptors (Lipinski definition) is 4. The summed E-state index contributed by atoms with van der Waals surface area (Å²) in [6, 6.07) is 7.20. The normalized spacial score (nSPS) is 10.1. The third-order valence-corrected chi connectivity index (χ3v) is 1.68. The Morgan fingerprint density at radius 2 is 1.75 bits per heavy atom. The summed E-state index contributed by atoms with van der Waals surface area (Å²) in [6.07, 6.45) is 0. The van der Waals surface area contributed by atoms with Gasteiger partial charge in [0.15, 0.2) is 0 Å². The van der Waals surface area contributed by atoms with Crippen molar-refractivity contribution in [2.75, 3.05) is 0 Å². The number of aromatic nitrogens is 5. The summed E-state index contributed by atoms with van der Waals surface area (Å²) < 4.78 is 0. The SMILES string of the molecule is Clc1ccccc1-n1nnnn1. The van der Waals surface area contributed by atoms with Crippen molar-refractivity contribution < 1.29 is 0 Å². The molecule has 0 radical (unpaired) electrons. The van der Waals surface area contributed by atoms with Crippen molar-refractivity contribution in [3.8, 4) is 5.69 Å². The van der Waals surface area contributed by atoms with Gasteiger partial charge in [-0.15, -0.1) is 4.80 Å². The maximum absolute atomic E-state index is 5.86. The summed E-state index contributed by atoms with van der Waals surface area (Å²) in [5.41, 5.74) is 0.671. The zero-order valence-electron chi connectivity index (χ0n) is 5.92. The van der Waals surface area contributed by atoms with E-state index in [9.17, 15) is 0 Å². The van der Waals surface area contributed by atoms with E-state index in [2.05, 4.69) is 20.9 Å². The third kappa shape index (κ3) is 1.14. The smallest absolute Gasteiger partial charge is 0.108 e. The molecule has 2 rings (SSSR count). The van der Waals surface area contributed by atoms with Crippen LogP contribution < -0.4 is 0 Å². The highest BCUT2D eigenvalue weighted by Gasteiger charge is 2.02. The topological polar surface area (TPSA) is 56.5 Å². The fourth-order valence-electron chi connectivity index (χ4n) is 0.840. The second kappa shape index (κ2) is 2.86. The molecule has 1 heterocycles. The van der Waals surface area contributed by atoms with E-state index in [1.54, 1.807) is 12.1 Å². The van der Waals surface area contributed by atoms with E-state index in [1.165, 1.54) is 4.80 Å². The molecule has 0 unspecified atom stereocenters. The molecule has 0 saturated carbocycles. The molecule has 0 aliphatic rings. The Balaban J connectivity index is 2.55. The van der Waals surface area contributed by atoms with E-state index < -0.39 is 0 Å². The molecular formula is C6H4ClN5. The van der Waals surface area contributed by atoms with Crippen LogP contribution in [-0.2, 0) is 0 Å². The Hall–Kier alpha value is -1.49. The van der Waals surface area contributed by atoms with Crippen LogP contribution in [0.2, 0.25) is 5.02 Å². The van der Waals surface area contributed by atoms with Gasteiger partial charge in [0.05, 0.1) is 5.02 Å². The van der Waals surface area contributed by atoms with E-state index >= 15 is 0 Å². The Morgan fingerprint density at radius 1 is 1.08 bits per heavy atom. The van der Waals surface area contributed by atoms with Gasteiger partial charge in [0, 0.05) is 0 Å². The zero-order valence-corrected chi connectivity index (χ0v) is 6.68. The number of para-hydroxylation sites is 1. The first-order valence-electron chi connectivity index (χ1n) is 3.24. The van der Waals surface area contributed by atoms with Crippen molar-refractivity contribution in [1.29, 1.82) is 0 Å². The molecule has 0 N–H and O–H groups in total. The van der Waals surface area contributed by atoms with Crippen LogP contribution in [-0.4, -0.2) is 25.7 Å². The first-order chi connectivity index (χ1) is 5.88. The van der Waals surface area contributed by atoms with Gasteiger partial charge in [-0.3, -0.25) is 0 Å². The minimum atomic E-state index is 0.567. The van der Waals surface area contributed by atoms with Crippen LogP contribution >= 0.6 is 11.6 Å². The molecule has 5 nitrogen and oxygen atoms in total. The van der Waals surface area contributed by atoms with Crippen LogP contribution in [0.15, 0.2) is 24.3 Å². The van der Waals surface area contributed by atoms with Crippen LogP contribution in [0.3, 0.4) is 0 Å². The molecule has 0 amide bonds. The second-order valence-corrected chi connectivity index (χ2v) is 2.51. The van der Waals surface area contributed by atoms with Crippen LogP contribution in [0.4, 0.5) is 0 Å². The molecular weight excluding hydrogens is 178 g/mol. The Labute approximate surface area is 72.9 Å². The molecule has 2 aromatic rings. The van der Waals surface area contributed by atoms with E-state index in [1.807, 2.05) is 12.1 Å². The molecule has 0 aliphatic heterocycles.